The van der Waals surface area contributed by atoms with Gasteiger partial charge >= 0.3 is 0 Å². The molecule has 0 spiro atoms. The number of amides is 1. The summed E-state index contributed by atoms with van der Waals surface area (Å²) in [4.78, 5) is 24.1. The highest BCUT2D eigenvalue weighted by Crippen LogP contribution is 2.18. The van der Waals surface area contributed by atoms with Crippen LogP contribution in [0.15, 0.2) is 54.6 Å². The van der Waals surface area contributed by atoms with Crippen molar-refractivity contribution in [1.82, 2.24) is 5.32 Å². The second kappa shape index (κ2) is 9.02. The van der Waals surface area contributed by atoms with Crippen molar-refractivity contribution in [1.29, 1.82) is 0 Å². The van der Waals surface area contributed by atoms with Gasteiger partial charge in [-0.25, -0.2) is 0 Å². The summed E-state index contributed by atoms with van der Waals surface area (Å²) in [7, 11) is 0. The van der Waals surface area contributed by atoms with Crippen LogP contribution in [0, 0.1) is 6.92 Å². The van der Waals surface area contributed by atoms with Crippen LogP contribution in [-0.2, 0) is 4.79 Å². The molecule has 0 saturated heterocycles. The van der Waals surface area contributed by atoms with Crippen LogP contribution in [0.3, 0.4) is 0 Å². The Labute approximate surface area is 144 Å². The lowest BCUT2D eigenvalue weighted by Gasteiger charge is -2.16. The van der Waals surface area contributed by atoms with E-state index in [0.717, 1.165) is 12.0 Å². The van der Waals surface area contributed by atoms with Gasteiger partial charge in [-0.3, -0.25) is 9.59 Å². The summed E-state index contributed by atoms with van der Waals surface area (Å²) in [5, 5.41) is 2.96. The number of benzene rings is 2. The molecular weight excluding hydrogens is 298 g/mol. The van der Waals surface area contributed by atoms with Crippen molar-refractivity contribution in [3.8, 4) is 0 Å². The van der Waals surface area contributed by atoms with Gasteiger partial charge in [0, 0.05) is 30.9 Å². The van der Waals surface area contributed by atoms with Crippen LogP contribution in [0.5, 0.6) is 0 Å². The molecule has 0 radical (unpaired) electrons. The number of aryl methyl sites for hydroxylation is 1. The van der Waals surface area contributed by atoms with Gasteiger partial charge in [-0.2, -0.15) is 0 Å². The van der Waals surface area contributed by atoms with Crippen LogP contribution in [-0.4, -0.2) is 18.2 Å². The summed E-state index contributed by atoms with van der Waals surface area (Å²) in [5.74, 6) is 0.257. The molecule has 0 fully saturated rings. The Bertz CT molecular complexity index is 662. The Hall–Kier alpha value is -2.42. The van der Waals surface area contributed by atoms with E-state index in [9.17, 15) is 9.59 Å². The fourth-order valence-electron chi connectivity index (χ4n) is 2.66. The van der Waals surface area contributed by atoms with Crippen molar-refractivity contribution < 1.29 is 9.59 Å². The molecule has 1 unspecified atom stereocenters. The third kappa shape index (κ3) is 5.34. The van der Waals surface area contributed by atoms with E-state index in [2.05, 4.69) is 24.4 Å². The molecule has 0 bridgehead atoms. The molecule has 3 nitrogen and oxygen atoms in total. The van der Waals surface area contributed by atoms with E-state index in [-0.39, 0.29) is 24.5 Å². The molecule has 1 N–H and O–H groups in total. The Kier molecular flexibility index (Phi) is 6.74. The molecule has 0 aromatic heterocycles. The van der Waals surface area contributed by atoms with Crippen molar-refractivity contribution in [3.05, 3.63) is 71.3 Å². The number of nitrogens with one attached hydrogen (secondary N) is 1. The highest BCUT2D eigenvalue weighted by atomic mass is 16.2. The van der Waals surface area contributed by atoms with Gasteiger partial charge < -0.3 is 5.32 Å². The smallest absolute Gasteiger partial charge is 0.220 e. The van der Waals surface area contributed by atoms with Crippen LogP contribution < -0.4 is 5.32 Å². The molecule has 0 aliphatic heterocycles. The van der Waals surface area contributed by atoms with E-state index >= 15 is 0 Å². The van der Waals surface area contributed by atoms with Crippen molar-refractivity contribution in [2.24, 2.45) is 0 Å². The number of rotatable bonds is 8. The summed E-state index contributed by atoms with van der Waals surface area (Å²) in [5.41, 5.74) is 3.02. The van der Waals surface area contributed by atoms with Crippen molar-refractivity contribution in [2.45, 2.75) is 39.0 Å². The topological polar surface area (TPSA) is 46.2 Å². The summed E-state index contributed by atoms with van der Waals surface area (Å²) in [6, 6.07) is 17.7. The summed E-state index contributed by atoms with van der Waals surface area (Å²) in [6.07, 6.45) is 1.45. The molecule has 1 amide bonds. The molecule has 24 heavy (non-hydrogen) atoms. The summed E-state index contributed by atoms with van der Waals surface area (Å²) < 4.78 is 0. The van der Waals surface area contributed by atoms with Gasteiger partial charge in [-0.1, -0.05) is 67.1 Å². The maximum Gasteiger partial charge on any atom is 0.220 e. The average Bonchev–Trinajstić information content (AvgIpc) is 2.61. The third-order valence-electron chi connectivity index (χ3n) is 4.26. The van der Waals surface area contributed by atoms with Crippen LogP contribution >= 0.6 is 0 Å². The summed E-state index contributed by atoms with van der Waals surface area (Å²) in [6.45, 7) is 4.71. The second-order valence-corrected chi connectivity index (χ2v) is 6.11. The van der Waals surface area contributed by atoms with Gasteiger partial charge in [0.2, 0.25) is 5.91 Å². The van der Waals surface area contributed by atoms with Gasteiger partial charge in [-0.15, -0.1) is 0 Å². The monoisotopic (exact) mass is 323 g/mol. The number of carbonyl (C=O) groups excluding carboxylic acids is 2. The van der Waals surface area contributed by atoms with Gasteiger partial charge in [0.15, 0.2) is 5.78 Å². The number of ketones is 1. The molecule has 126 valence electrons. The minimum Gasteiger partial charge on any atom is -0.355 e. The Morgan fingerprint density at radius 2 is 1.62 bits per heavy atom. The molecule has 2 aromatic carbocycles. The maximum atomic E-state index is 12.1. The number of carbonyl (C=O) groups is 2. The molecule has 2 rings (SSSR count). The van der Waals surface area contributed by atoms with Crippen LogP contribution in [0.1, 0.15) is 53.6 Å². The van der Waals surface area contributed by atoms with Gasteiger partial charge in [0.05, 0.1) is 0 Å². The molecule has 0 saturated carbocycles. The lowest BCUT2D eigenvalue weighted by atomic mass is 9.96. The number of hydrogen-bond acceptors (Lipinski definition) is 2. The standard InChI is InChI=1S/C21H25NO2/c1-3-17(18-7-5-4-6-8-18)15-22-21(24)14-13-20(23)19-11-9-16(2)10-12-19/h4-12,17H,3,13-15H2,1-2H3,(H,22,24). The maximum absolute atomic E-state index is 12.1. The first-order valence-electron chi connectivity index (χ1n) is 8.51. The average molecular weight is 323 g/mol. The van der Waals surface area contributed by atoms with E-state index < -0.39 is 0 Å². The van der Waals surface area contributed by atoms with Crippen LogP contribution in [0.2, 0.25) is 0 Å². The van der Waals surface area contributed by atoms with E-state index in [1.54, 1.807) is 0 Å². The zero-order chi connectivity index (χ0) is 17.4. The molecule has 2 aromatic rings. The number of hydrogen-bond donors (Lipinski definition) is 1. The lowest BCUT2D eigenvalue weighted by Crippen LogP contribution is -2.28. The minimum absolute atomic E-state index is 0.0141. The Morgan fingerprint density at radius 1 is 0.958 bits per heavy atom. The number of Topliss-reactive ketones (excluding diaryl/α,β-unsaturated/α-hetero) is 1. The first-order chi connectivity index (χ1) is 11.6. The zero-order valence-electron chi connectivity index (χ0n) is 14.4. The quantitative estimate of drug-likeness (QED) is 0.738. The molecular formula is C21H25NO2. The van der Waals surface area contributed by atoms with Crippen LogP contribution in [0.4, 0.5) is 0 Å². The Balaban J connectivity index is 1.78. The second-order valence-electron chi connectivity index (χ2n) is 6.11. The first-order valence-corrected chi connectivity index (χ1v) is 8.51. The van der Waals surface area contributed by atoms with Crippen LogP contribution in [0.25, 0.3) is 0 Å². The highest BCUT2D eigenvalue weighted by Gasteiger charge is 2.12. The molecule has 0 aliphatic rings. The molecule has 0 heterocycles. The predicted octanol–water partition coefficient (Wildman–Crippen LogP) is 4.27. The fraction of sp³-hybridized carbons (Fsp3) is 0.333. The van der Waals surface area contributed by atoms with Gasteiger partial charge in [0.25, 0.3) is 0 Å². The van der Waals surface area contributed by atoms with Crippen molar-refractivity contribution >= 4 is 11.7 Å². The first kappa shape index (κ1) is 17.9. The highest BCUT2D eigenvalue weighted by molar-refractivity contribution is 5.97. The minimum atomic E-state index is -0.0650. The molecule has 0 aliphatic carbocycles. The lowest BCUT2D eigenvalue weighted by molar-refractivity contribution is -0.121. The van der Waals surface area contributed by atoms with E-state index in [1.807, 2.05) is 49.4 Å². The molecule has 1 atom stereocenters. The zero-order valence-corrected chi connectivity index (χ0v) is 14.4. The fourth-order valence-corrected chi connectivity index (χ4v) is 2.66. The Morgan fingerprint density at radius 3 is 2.25 bits per heavy atom. The third-order valence-corrected chi connectivity index (χ3v) is 4.26. The largest absolute Gasteiger partial charge is 0.355 e. The summed E-state index contributed by atoms with van der Waals surface area (Å²) >= 11 is 0. The normalized spacial score (nSPS) is 11.8. The van der Waals surface area contributed by atoms with Gasteiger partial charge in [-0.05, 0) is 18.9 Å². The van der Waals surface area contributed by atoms with Gasteiger partial charge in [0.1, 0.15) is 0 Å². The molecule has 3 heteroatoms. The van der Waals surface area contributed by atoms with Crippen molar-refractivity contribution in [3.63, 3.8) is 0 Å². The van der Waals surface area contributed by atoms with E-state index in [1.165, 1.54) is 5.56 Å². The SMILES string of the molecule is CCC(CNC(=O)CCC(=O)c1ccc(C)cc1)c1ccccc1. The van der Waals surface area contributed by atoms with Crippen molar-refractivity contribution in [2.75, 3.05) is 6.54 Å². The predicted molar refractivity (Wildman–Crippen MR) is 97.2 cm³/mol. The van der Waals surface area contributed by atoms with E-state index in [4.69, 9.17) is 0 Å². The van der Waals surface area contributed by atoms with E-state index in [0.29, 0.717) is 18.0 Å².